The first-order valence-corrected chi connectivity index (χ1v) is 18.4. The largest absolute Gasteiger partial charge is 0.455 e. The smallest absolute Gasteiger partial charge is 0.410 e. The molecule has 2 heterocycles. The van der Waals surface area contributed by atoms with Gasteiger partial charge in [0.15, 0.2) is 5.78 Å². The Morgan fingerprint density at radius 1 is 1.02 bits per heavy atom. The molecule has 1 fully saturated rings. The van der Waals surface area contributed by atoms with Gasteiger partial charge < -0.3 is 19.0 Å². The lowest BCUT2D eigenvalue weighted by molar-refractivity contribution is 0.00926. The van der Waals surface area contributed by atoms with Crippen LogP contribution in [0.3, 0.4) is 0 Å². The Morgan fingerprint density at radius 2 is 1.72 bits per heavy atom. The van der Waals surface area contributed by atoms with E-state index in [4.69, 9.17) is 9.15 Å². The van der Waals surface area contributed by atoms with Crippen LogP contribution in [0.4, 0.5) is 10.5 Å². The number of sulfonamides is 1. The lowest BCUT2D eigenvalue weighted by atomic mass is 9.95. The summed E-state index contributed by atoms with van der Waals surface area (Å²) < 4.78 is 39.2. The summed E-state index contributed by atoms with van der Waals surface area (Å²) in [6, 6.07) is 19.0. The van der Waals surface area contributed by atoms with Gasteiger partial charge in [0.05, 0.1) is 30.1 Å². The topological polar surface area (TPSA) is 141 Å². The van der Waals surface area contributed by atoms with Gasteiger partial charge in [-0.15, -0.1) is 0 Å². The molecule has 1 atom stereocenters. The first-order chi connectivity index (χ1) is 23.6. The number of anilines is 1. The van der Waals surface area contributed by atoms with Gasteiger partial charge in [0.1, 0.15) is 23.0 Å². The highest BCUT2D eigenvalue weighted by Crippen LogP contribution is 2.42. The van der Waals surface area contributed by atoms with Crippen LogP contribution in [0.5, 0.6) is 0 Å². The SMILES string of the molecule is CCC(=O)c1c(-c2ccc(C)cc2)oc2cc(N(CC)S(C)(=O)=O)c(-c3cccc(C(=O)N4CCN(C(=O)OC(C)(C)C)C[C@@H]4C#N)c3)cc12. The molecule has 0 radical (unpaired) electrons. The molecule has 3 aromatic carbocycles. The molecular weight excluding hydrogens is 657 g/mol. The van der Waals surface area contributed by atoms with Gasteiger partial charge in [-0.3, -0.25) is 13.9 Å². The molecule has 1 aliphatic rings. The third kappa shape index (κ3) is 7.38. The summed E-state index contributed by atoms with van der Waals surface area (Å²) in [5.41, 5.74) is 3.42. The highest BCUT2D eigenvalue weighted by molar-refractivity contribution is 7.92. The molecule has 12 heteroatoms. The van der Waals surface area contributed by atoms with Crippen LogP contribution in [0.25, 0.3) is 33.4 Å². The number of fused-ring (bicyclic) bond motifs is 1. The number of piperazine rings is 1. The van der Waals surface area contributed by atoms with Gasteiger partial charge in [-0.05, 0) is 58.4 Å². The number of carbonyl (C=O) groups is 3. The van der Waals surface area contributed by atoms with Crippen LogP contribution in [0.2, 0.25) is 0 Å². The highest BCUT2D eigenvalue weighted by Gasteiger charge is 2.35. The average molecular weight is 699 g/mol. The minimum absolute atomic E-state index is 0.00445. The number of benzene rings is 3. The van der Waals surface area contributed by atoms with Gasteiger partial charge in [0, 0.05) is 54.2 Å². The Balaban J connectivity index is 1.62. The van der Waals surface area contributed by atoms with Crippen LogP contribution in [0.1, 0.15) is 67.3 Å². The Kier molecular flexibility index (Phi) is 10.1. The molecule has 5 rings (SSSR count). The molecular formula is C38H42N4O7S. The fraction of sp³-hybridized carbons (Fsp3) is 0.368. The van der Waals surface area contributed by atoms with E-state index in [1.54, 1.807) is 71.0 Å². The number of Topliss-reactive ketones (excluding diaryl/α,β-unsaturated/α-hetero) is 1. The number of nitrogens with zero attached hydrogens (tertiary/aromatic N) is 4. The van der Waals surface area contributed by atoms with E-state index in [-0.39, 0.29) is 43.9 Å². The molecule has 0 bridgehead atoms. The first-order valence-electron chi connectivity index (χ1n) is 16.5. The Labute approximate surface area is 293 Å². The van der Waals surface area contributed by atoms with E-state index in [1.165, 1.54) is 14.1 Å². The number of furan rings is 1. The number of ether oxygens (including phenoxy) is 1. The predicted molar refractivity (Wildman–Crippen MR) is 193 cm³/mol. The third-order valence-corrected chi connectivity index (χ3v) is 9.79. The van der Waals surface area contributed by atoms with Crippen LogP contribution in [-0.2, 0) is 14.8 Å². The van der Waals surface area contributed by atoms with Crippen molar-refractivity contribution in [3.63, 3.8) is 0 Å². The van der Waals surface area contributed by atoms with Crippen molar-refractivity contribution in [3.8, 4) is 28.5 Å². The zero-order valence-electron chi connectivity index (χ0n) is 29.4. The maximum Gasteiger partial charge on any atom is 0.410 e. The van der Waals surface area contributed by atoms with Crippen LogP contribution in [0, 0.1) is 18.3 Å². The summed E-state index contributed by atoms with van der Waals surface area (Å²) in [7, 11) is -3.76. The number of rotatable bonds is 8. The summed E-state index contributed by atoms with van der Waals surface area (Å²) in [5.74, 6) is -0.146. The molecule has 4 aromatic rings. The maximum absolute atomic E-state index is 13.9. The predicted octanol–water partition coefficient (Wildman–Crippen LogP) is 7.04. The van der Waals surface area contributed by atoms with Crippen molar-refractivity contribution in [1.29, 1.82) is 5.26 Å². The second-order valence-corrected chi connectivity index (χ2v) is 15.3. The second kappa shape index (κ2) is 14.0. The van der Waals surface area contributed by atoms with Crippen molar-refractivity contribution in [2.24, 2.45) is 0 Å². The summed E-state index contributed by atoms with van der Waals surface area (Å²) >= 11 is 0. The van der Waals surface area contributed by atoms with Crippen LogP contribution in [0.15, 0.2) is 65.1 Å². The molecule has 0 spiro atoms. The number of carbonyl (C=O) groups excluding carboxylic acids is 3. The van der Waals surface area contributed by atoms with Crippen molar-refractivity contribution in [2.75, 3.05) is 36.7 Å². The monoisotopic (exact) mass is 698 g/mol. The normalized spacial score (nSPS) is 15.1. The number of aryl methyl sites for hydroxylation is 1. The van der Waals surface area contributed by atoms with E-state index in [0.29, 0.717) is 44.7 Å². The molecule has 0 N–H and O–H groups in total. The summed E-state index contributed by atoms with van der Waals surface area (Å²) in [4.78, 5) is 43.0. The maximum atomic E-state index is 13.9. The lowest BCUT2D eigenvalue weighted by Crippen LogP contribution is -2.56. The number of nitriles is 1. The fourth-order valence-electron chi connectivity index (χ4n) is 6.13. The minimum atomic E-state index is -3.76. The number of ketones is 1. The van der Waals surface area contributed by atoms with E-state index in [2.05, 4.69) is 6.07 Å². The zero-order valence-corrected chi connectivity index (χ0v) is 30.3. The number of hydrogen-bond acceptors (Lipinski definition) is 8. The van der Waals surface area contributed by atoms with Crippen molar-refractivity contribution in [3.05, 3.63) is 77.4 Å². The standard InChI is InChI=1S/C38H42N4O7S/c1-8-32(43)34-30-20-29(31(42(9-2)50(7,46)47)21-33(30)48-35(34)25-15-13-24(3)14-16-25)26-11-10-12-27(19-26)36(44)41-18-17-40(23-28(41)22-39)37(45)49-38(4,5)6/h10-16,19-21,28H,8-9,17-18,23H2,1-7H3/t28-/m0/s1. The molecule has 11 nitrogen and oxygen atoms in total. The molecule has 1 aromatic heterocycles. The lowest BCUT2D eigenvalue weighted by Gasteiger charge is -2.38. The van der Waals surface area contributed by atoms with Gasteiger partial charge in [0.25, 0.3) is 5.91 Å². The van der Waals surface area contributed by atoms with E-state index < -0.39 is 33.7 Å². The number of amides is 2. The average Bonchev–Trinajstić information content (AvgIpc) is 3.44. The quantitative estimate of drug-likeness (QED) is 0.179. The van der Waals surface area contributed by atoms with Crippen molar-refractivity contribution in [2.45, 2.75) is 59.6 Å². The van der Waals surface area contributed by atoms with Gasteiger partial charge in [-0.25, -0.2) is 13.2 Å². The second-order valence-electron chi connectivity index (χ2n) is 13.4. The minimum Gasteiger partial charge on any atom is -0.455 e. The molecule has 0 unspecified atom stereocenters. The summed E-state index contributed by atoms with van der Waals surface area (Å²) in [6.45, 7) is 11.2. The van der Waals surface area contributed by atoms with Crippen molar-refractivity contribution < 1.29 is 32.0 Å². The Hall–Kier alpha value is -5.15. The van der Waals surface area contributed by atoms with Gasteiger partial charge in [-0.1, -0.05) is 48.9 Å². The third-order valence-electron chi connectivity index (χ3n) is 8.54. The zero-order chi connectivity index (χ0) is 36.5. The first kappa shape index (κ1) is 36.1. The molecule has 0 aliphatic carbocycles. The molecule has 262 valence electrons. The van der Waals surface area contributed by atoms with Gasteiger partial charge >= 0.3 is 6.09 Å². The Morgan fingerprint density at radius 3 is 2.32 bits per heavy atom. The van der Waals surface area contributed by atoms with Gasteiger partial charge in [-0.2, -0.15) is 5.26 Å². The number of hydrogen-bond donors (Lipinski definition) is 0. The van der Waals surface area contributed by atoms with Crippen LogP contribution >= 0.6 is 0 Å². The van der Waals surface area contributed by atoms with Crippen molar-refractivity contribution >= 4 is 44.5 Å². The highest BCUT2D eigenvalue weighted by atomic mass is 32.2. The fourth-order valence-corrected chi connectivity index (χ4v) is 7.11. The van der Waals surface area contributed by atoms with E-state index in [0.717, 1.165) is 11.8 Å². The van der Waals surface area contributed by atoms with Gasteiger partial charge in [0.2, 0.25) is 10.0 Å². The molecule has 1 saturated heterocycles. The van der Waals surface area contributed by atoms with Crippen LogP contribution in [-0.4, -0.2) is 80.1 Å². The molecule has 50 heavy (non-hydrogen) atoms. The van der Waals surface area contributed by atoms with E-state index >= 15 is 0 Å². The van der Waals surface area contributed by atoms with E-state index in [9.17, 15) is 28.1 Å². The Bertz CT molecular complexity index is 2110. The summed E-state index contributed by atoms with van der Waals surface area (Å²) in [6.07, 6.45) is 0.794. The van der Waals surface area contributed by atoms with Crippen LogP contribution < -0.4 is 4.31 Å². The summed E-state index contributed by atoms with van der Waals surface area (Å²) in [5, 5.41) is 10.5. The van der Waals surface area contributed by atoms with E-state index in [1.807, 2.05) is 31.2 Å². The molecule has 2 amide bonds. The molecule has 1 aliphatic heterocycles. The van der Waals surface area contributed by atoms with Crippen molar-refractivity contribution in [1.82, 2.24) is 9.80 Å². The molecule has 0 saturated carbocycles.